The second-order valence-corrected chi connectivity index (χ2v) is 4.95. The Morgan fingerprint density at radius 1 is 1.40 bits per heavy atom. The van der Waals surface area contributed by atoms with Gasteiger partial charge >= 0.3 is 0 Å². The lowest BCUT2D eigenvalue weighted by Gasteiger charge is -2.14. The molecule has 1 aromatic rings. The number of halogens is 1. The van der Waals surface area contributed by atoms with Crippen LogP contribution < -0.4 is 0 Å². The lowest BCUT2D eigenvalue weighted by atomic mass is 9.95. The first-order valence-corrected chi connectivity index (χ1v) is 5.97. The van der Waals surface area contributed by atoms with Gasteiger partial charge < -0.3 is 5.11 Å². The van der Waals surface area contributed by atoms with Gasteiger partial charge in [-0.15, -0.1) is 0 Å². The Hall–Kier alpha value is -0.530. The highest BCUT2D eigenvalue weighted by molar-refractivity contribution is 6.31. The first-order valence-electron chi connectivity index (χ1n) is 5.60. The predicted molar refractivity (Wildman–Crippen MR) is 63.2 cm³/mol. The molecule has 2 rings (SSSR count). The van der Waals surface area contributed by atoms with Crippen LogP contribution >= 0.6 is 11.6 Å². The fourth-order valence-corrected chi connectivity index (χ4v) is 2.51. The molecule has 0 radical (unpaired) electrons. The summed E-state index contributed by atoms with van der Waals surface area (Å²) >= 11 is 5.98. The average Bonchev–Trinajstić information content (AvgIpc) is 2.59. The van der Waals surface area contributed by atoms with E-state index in [4.69, 9.17) is 11.6 Å². The van der Waals surface area contributed by atoms with Crippen molar-refractivity contribution >= 4 is 11.6 Å². The molecular weight excluding hydrogens is 208 g/mol. The maximum atomic E-state index is 9.75. The topological polar surface area (TPSA) is 20.2 Å². The summed E-state index contributed by atoms with van der Waals surface area (Å²) in [5.74, 6) is 0.450. The van der Waals surface area contributed by atoms with Gasteiger partial charge in [0.15, 0.2) is 0 Å². The van der Waals surface area contributed by atoms with Crippen molar-refractivity contribution in [3.05, 3.63) is 34.3 Å². The van der Waals surface area contributed by atoms with E-state index in [1.807, 2.05) is 13.0 Å². The molecule has 0 aromatic heterocycles. The van der Waals surface area contributed by atoms with Crippen molar-refractivity contribution in [3.63, 3.8) is 0 Å². The third kappa shape index (κ3) is 2.53. The van der Waals surface area contributed by atoms with E-state index >= 15 is 0 Å². The van der Waals surface area contributed by atoms with Gasteiger partial charge in [0.1, 0.15) is 0 Å². The molecular formula is C13H17ClO. The second-order valence-electron chi connectivity index (χ2n) is 4.55. The van der Waals surface area contributed by atoms with Gasteiger partial charge in [-0.1, -0.05) is 30.2 Å². The average molecular weight is 225 g/mol. The van der Waals surface area contributed by atoms with Gasteiger partial charge in [0.2, 0.25) is 0 Å². The molecule has 15 heavy (non-hydrogen) atoms. The van der Waals surface area contributed by atoms with E-state index in [-0.39, 0.29) is 6.10 Å². The Labute approximate surface area is 96.1 Å². The molecule has 0 saturated heterocycles. The summed E-state index contributed by atoms with van der Waals surface area (Å²) in [4.78, 5) is 0. The molecule has 1 aliphatic carbocycles. The fraction of sp³-hybridized carbons (Fsp3) is 0.538. The van der Waals surface area contributed by atoms with Gasteiger partial charge in [0.25, 0.3) is 0 Å². The van der Waals surface area contributed by atoms with Crippen LogP contribution in [0.25, 0.3) is 0 Å². The number of hydrogen-bond acceptors (Lipinski definition) is 1. The normalized spacial score (nSPS) is 25.8. The van der Waals surface area contributed by atoms with Crippen LogP contribution in [-0.2, 0) is 6.42 Å². The highest BCUT2D eigenvalue weighted by Gasteiger charge is 2.25. The quantitative estimate of drug-likeness (QED) is 0.817. The number of hydrogen-bond donors (Lipinski definition) is 1. The Bertz CT molecular complexity index is 348. The van der Waals surface area contributed by atoms with E-state index in [1.165, 1.54) is 12.0 Å². The van der Waals surface area contributed by atoms with E-state index in [9.17, 15) is 5.11 Å². The van der Waals surface area contributed by atoms with Crippen LogP contribution in [0.15, 0.2) is 18.2 Å². The minimum atomic E-state index is -0.0963. The molecule has 0 amide bonds. The van der Waals surface area contributed by atoms with E-state index in [0.717, 1.165) is 29.8 Å². The second kappa shape index (κ2) is 4.54. The molecule has 0 spiro atoms. The standard InChI is InChI=1S/C13H17ClO/c1-9-7-10(5-6-12(9)14)8-11-3-2-4-13(11)15/h5-7,11,13,15H,2-4,8H2,1H3. The van der Waals surface area contributed by atoms with E-state index in [1.54, 1.807) is 0 Å². The molecule has 2 heteroatoms. The van der Waals surface area contributed by atoms with Crippen molar-refractivity contribution in [3.8, 4) is 0 Å². The minimum absolute atomic E-state index is 0.0963. The zero-order valence-corrected chi connectivity index (χ0v) is 9.80. The number of aryl methyl sites for hydroxylation is 1. The van der Waals surface area contributed by atoms with Crippen LogP contribution in [0, 0.1) is 12.8 Å². The van der Waals surface area contributed by atoms with Crippen LogP contribution in [-0.4, -0.2) is 11.2 Å². The Morgan fingerprint density at radius 2 is 2.20 bits per heavy atom. The summed E-state index contributed by atoms with van der Waals surface area (Å²) in [6, 6.07) is 6.15. The van der Waals surface area contributed by atoms with E-state index < -0.39 is 0 Å². The van der Waals surface area contributed by atoms with Gasteiger partial charge in [-0.05, 0) is 49.3 Å². The third-order valence-electron chi connectivity index (χ3n) is 3.34. The smallest absolute Gasteiger partial charge is 0.0571 e. The fourth-order valence-electron chi connectivity index (χ4n) is 2.39. The molecule has 2 atom stereocenters. The number of rotatable bonds is 2. The largest absolute Gasteiger partial charge is 0.393 e. The summed E-state index contributed by atoms with van der Waals surface area (Å²) in [5.41, 5.74) is 2.42. The van der Waals surface area contributed by atoms with Crippen molar-refractivity contribution in [2.45, 2.75) is 38.7 Å². The maximum Gasteiger partial charge on any atom is 0.0571 e. The molecule has 1 N–H and O–H groups in total. The van der Waals surface area contributed by atoms with Gasteiger partial charge in [-0.2, -0.15) is 0 Å². The van der Waals surface area contributed by atoms with Gasteiger partial charge in [0.05, 0.1) is 6.10 Å². The van der Waals surface area contributed by atoms with Crippen molar-refractivity contribution in [2.24, 2.45) is 5.92 Å². The molecule has 1 fully saturated rings. The lowest BCUT2D eigenvalue weighted by molar-refractivity contribution is 0.132. The summed E-state index contributed by atoms with van der Waals surface area (Å²) in [7, 11) is 0. The summed E-state index contributed by atoms with van der Waals surface area (Å²) in [5, 5.41) is 10.6. The molecule has 0 aliphatic heterocycles. The number of benzene rings is 1. The molecule has 1 aliphatic rings. The van der Waals surface area contributed by atoms with Crippen LogP contribution in [0.5, 0.6) is 0 Å². The Balaban J connectivity index is 2.07. The highest BCUT2D eigenvalue weighted by Crippen LogP contribution is 2.29. The molecule has 1 saturated carbocycles. The van der Waals surface area contributed by atoms with Gasteiger partial charge in [-0.25, -0.2) is 0 Å². The van der Waals surface area contributed by atoms with Gasteiger partial charge in [-0.3, -0.25) is 0 Å². The molecule has 1 aromatic carbocycles. The zero-order chi connectivity index (χ0) is 10.8. The van der Waals surface area contributed by atoms with Crippen molar-refractivity contribution < 1.29 is 5.11 Å². The molecule has 1 nitrogen and oxygen atoms in total. The Morgan fingerprint density at radius 3 is 2.80 bits per heavy atom. The highest BCUT2D eigenvalue weighted by atomic mass is 35.5. The van der Waals surface area contributed by atoms with Crippen LogP contribution in [0.2, 0.25) is 5.02 Å². The van der Waals surface area contributed by atoms with Crippen LogP contribution in [0.3, 0.4) is 0 Å². The number of aliphatic hydroxyl groups excluding tert-OH is 1. The summed E-state index contributed by atoms with van der Waals surface area (Å²) in [6.07, 6.45) is 4.18. The minimum Gasteiger partial charge on any atom is -0.393 e. The van der Waals surface area contributed by atoms with Crippen molar-refractivity contribution in [2.75, 3.05) is 0 Å². The first kappa shape index (κ1) is 11.0. The molecule has 0 heterocycles. The lowest BCUT2D eigenvalue weighted by Crippen LogP contribution is -2.15. The predicted octanol–water partition coefficient (Wildman–Crippen LogP) is 3.35. The summed E-state index contributed by atoms with van der Waals surface area (Å²) in [6.45, 7) is 2.02. The van der Waals surface area contributed by atoms with E-state index in [2.05, 4.69) is 12.1 Å². The van der Waals surface area contributed by atoms with Crippen molar-refractivity contribution in [1.29, 1.82) is 0 Å². The van der Waals surface area contributed by atoms with E-state index in [0.29, 0.717) is 5.92 Å². The first-order chi connectivity index (χ1) is 7.16. The zero-order valence-electron chi connectivity index (χ0n) is 9.04. The third-order valence-corrected chi connectivity index (χ3v) is 3.76. The van der Waals surface area contributed by atoms with Crippen LogP contribution in [0.4, 0.5) is 0 Å². The number of aliphatic hydroxyl groups is 1. The van der Waals surface area contributed by atoms with Crippen LogP contribution in [0.1, 0.15) is 30.4 Å². The molecule has 2 unspecified atom stereocenters. The molecule has 0 bridgehead atoms. The van der Waals surface area contributed by atoms with Crippen molar-refractivity contribution in [1.82, 2.24) is 0 Å². The molecule has 82 valence electrons. The summed E-state index contributed by atoms with van der Waals surface area (Å²) < 4.78 is 0. The van der Waals surface area contributed by atoms with Gasteiger partial charge in [0, 0.05) is 5.02 Å². The Kier molecular flexibility index (Phi) is 3.32. The SMILES string of the molecule is Cc1cc(CC2CCCC2O)ccc1Cl. The monoisotopic (exact) mass is 224 g/mol. The maximum absolute atomic E-state index is 9.75.